The zero-order valence-corrected chi connectivity index (χ0v) is 17.9. The average Bonchev–Trinajstić information content (AvgIpc) is 3.35. The van der Waals surface area contributed by atoms with Crippen molar-refractivity contribution in [3.8, 4) is 11.4 Å². The highest BCUT2D eigenvalue weighted by Crippen LogP contribution is 2.21. The maximum Gasteiger partial charge on any atom is 0.256 e. The van der Waals surface area contributed by atoms with Crippen LogP contribution in [0.2, 0.25) is 0 Å². The lowest BCUT2D eigenvalue weighted by Gasteiger charge is -2.11. The average molecular weight is 419 g/mol. The molecule has 0 spiro atoms. The molecule has 0 atom stereocenters. The minimum atomic E-state index is -0.223. The first-order valence-electron chi connectivity index (χ1n) is 9.54. The fourth-order valence-corrected chi connectivity index (χ4v) is 3.78. The number of nitrogens with one attached hydrogen (secondary N) is 1. The Morgan fingerprint density at radius 3 is 2.63 bits per heavy atom. The Hall–Kier alpha value is -3.45. The molecule has 0 unspecified atom stereocenters. The summed E-state index contributed by atoms with van der Waals surface area (Å²) in [5.41, 5.74) is 7.16. The molecule has 0 saturated carbocycles. The van der Waals surface area contributed by atoms with Crippen LogP contribution < -0.4 is 10.1 Å². The molecule has 0 aliphatic carbocycles. The van der Waals surface area contributed by atoms with Crippen LogP contribution in [0.25, 0.3) is 5.69 Å². The van der Waals surface area contributed by atoms with Crippen LogP contribution >= 0.6 is 11.3 Å². The van der Waals surface area contributed by atoms with Crippen LogP contribution in [0.15, 0.2) is 59.4 Å². The van der Waals surface area contributed by atoms with Crippen molar-refractivity contribution in [3.63, 3.8) is 0 Å². The van der Waals surface area contributed by atoms with Crippen molar-refractivity contribution in [2.45, 2.75) is 27.4 Å². The van der Waals surface area contributed by atoms with Crippen molar-refractivity contribution in [1.29, 1.82) is 0 Å². The minimum absolute atomic E-state index is 0.223. The highest BCUT2D eigenvalue weighted by atomic mass is 32.1. The smallest absolute Gasteiger partial charge is 0.256 e. The number of hydrogen-bond donors (Lipinski definition) is 1. The molecule has 0 aliphatic rings. The molecular formula is C23H22N4O2S. The van der Waals surface area contributed by atoms with E-state index in [1.54, 1.807) is 28.4 Å². The van der Waals surface area contributed by atoms with Gasteiger partial charge in [0, 0.05) is 17.0 Å². The van der Waals surface area contributed by atoms with Crippen molar-refractivity contribution in [2.24, 2.45) is 0 Å². The van der Waals surface area contributed by atoms with Crippen LogP contribution in [0.4, 0.5) is 5.82 Å². The second-order valence-corrected chi connectivity index (χ2v) is 7.90. The van der Waals surface area contributed by atoms with E-state index in [1.165, 1.54) is 11.3 Å². The van der Waals surface area contributed by atoms with Crippen LogP contribution in [0.1, 0.15) is 32.9 Å². The summed E-state index contributed by atoms with van der Waals surface area (Å²) in [5.74, 6) is 1.02. The van der Waals surface area contributed by atoms with Crippen LogP contribution in [0, 0.1) is 20.8 Å². The van der Waals surface area contributed by atoms with Gasteiger partial charge in [-0.25, -0.2) is 9.67 Å². The largest absolute Gasteiger partial charge is 0.487 e. The van der Waals surface area contributed by atoms with E-state index in [0.717, 1.165) is 28.2 Å². The number of carbonyl (C=O) groups excluding carboxylic acids is 1. The number of nitrogens with zero attached hydrogens (tertiary/aromatic N) is 3. The van der Waals surface area contributed by atoms with Gasteiger partial charge in [-0.05, 0) is 62.2 Å². The third-order valence-electron chi connectivity index (χ3n) is 4.49. The van der Waals surface area contributed by atoms with Crippen LogP contribution in [-0.2, 0) is 6.61 Å². The highest BCUT2D eigenvalue weighted by molar-refractivity contribution is 7.07. The van der Waals surface area contributed by atoms with Gasteiger partial charge < -0.3 is 10.1 Å². The maximum atomic E-state index is 12.9. The van der Waals surface area contributed by atoms with E-state index < -0.39 is 0 Å². The van der Waals surface area contributed by atoms with Gasteiger partial charge in [0.25, 0.3) is 5.91 Å². The summed E-state index contributed by atoms with van der Waals surface area (Å²) in [4.78, 5) is 17.1. The van der Waals surface area contributed by atoms with Gasteiger partial charge in [-0.15, -0.1) is 11.3 Å². The summed E-state index contributed by atoms with van der Waals surface area (Å²) >= 11 is 1.52. The lowest BCUT2D eigenvalue weighted by molar-refractivity contribution is 0.102. The van der Waals surface area contributed by atoms with Crippen LogP contribution in [-0.4, -0.2) is 20.7 Å². The van der Waals surface area contributed by atoms with Crippen molar-refractivity contribution in [3.05, 3.63) is 87.5 Å². The Kier molecular flexibility index (Phi) is 5.63. The Balaban J connectivity index is 1.54. The van der Waals surface area contributed by atoms with Crippen molar-refractivity contribution in [1.82, 2.24) is 14.8 Å². The predicted octanol–water partition coefficient (Wildman–Crippen LogP) is 5.09. The van der Waals surface area contributed by atoms with Crippen LogP contribution in [0.3, 0.4) is 0 Å². The van der Waals surface area contributed by atoms with Crippen molar-refractivity contribution >= 4 is 23.1 Å². The Labute approximate surface area is 179 Å². The van der Waals surface area contributed by atoms with Gasteiger partial charge >= 0.3 is 0 Å². The minimum Gasteiger partial charge on any atom is -0.487 e. The van der Waals surface area contributed by atoms with Gasteiger partial charge in [-0.1, -0.05) is 12.1 Å². The molecule has 7 heteroatoms. The number of benzene rings is 2. The monoisotopic (exact) mass is 418 g/mol. The first-order valence-corrected chi connectivity index (χ1v) is 10.5. The maximum absolute atomic E-state index is 12.9. The normalized spacial score (nSPS) is 10.8. The highest BCUT2D eigenvalue weighted by Gasteiger charge is 2.14. The molecule has 1 N–H and O–H groups in total. The summed E-state index contributed by atoms with van der Waals surface area (Å²) in [6, 6.07) is 15.2. The number of carbonyl (C=O) groups is 1. The SMILES string of the molecule is Cc1cc(C)cc(-n2nc(C)cc2NC(=O)c2cccc(OCc3cscn3)c2)c1. The van der Waals surface area contributed by atoms with Crippen molar-refractivity contribution < 1.29 is 9.53 Å². The van der Waals surface area contributed by atoms with E-state index in [0.29, 0.717) is 23.7 Å². The molecule has 0 saturated heterocycles. The van der Waals surface area contributed by atoms with Gasteiger partial charge in [-0.2, -0.15) is 5.10 Å². The number of aryl methyl sites for hydroxylation is 3. The van der Waals surface area contributed by atoms with Gasteiger partial charge in [-0.3, -0.25) is 4.79 Å². The molecule has 0 aliphatic heterocycles. The van der Waals surface area contributed by atoms with Gasteiger partial charge in [0.05, 0.1) is 22.6 Å². The van der Waals surface area contributed by atoms with Gasteiger partial charge in [0.1, 0.15) is 18.2 Å². The number of ether oxygens (including phenoxy) is 1. The number of aromatic nitrogens is 3. The lowest BCUT2D eigenvalue weighted by atomic mass is 10.1. The molecule has 0 bridgehead atoms. The molecule has 152 valence electrons. The van der Waals surface area contributed by atoms with Gasteiger partial charge in [0.15, 0.2) is 0 Å². The number of amides is 1. The van der Waals surface area contributed by atoms with Gasteiger partial charge in [0.2, 0.25) is 0 Å². The zero-order chi connectivity index (χ0) is 21.1. The molecular weight excluding hydrogens is 396 g/mol. The van der Waals surface area contributed by atoms with E-state index in [2.05, 4.69) is 21.5 Å². The topological polar surface area (TPSA) is 69.0 Å². The standard InChI is InChI=1S/C23H22N4O2S/c1-15-7-16(2)9-20(8-15)27-22(10-17(3)26-27)25-23(28)18-5-4-6-21(11-18)29-12-19-13-30-14-24-19/h4-11,13-14H,12H2,1-3H3,(H,25,28). The molecule has 4 rings (SSSR count). The number of rotatable bonds is 6. The molecule has 2 aromatic carbocycles. The quantitative estimate of drug-likeness (QED) is 0.474. The van der Waals surface area contributed by atoms with Crippen molar-refractivity contribution in [2.75, 3.05) is 5.32 Å². The van der Waals surface area contributed by atoms with Crippen LogP contribution in [0.5, 0.6) is 5.75 Å². The molecule has 30 heavy (non-hydrogen) atoms. The predicted molar refractivity (Wildman–Crippen MR) is 119 cm³/mol. The fourth-order valence-electron chi connectivity index (χ4n) is 3.24. The molecule has 4 aromatic rings. The summed E-state index contributed by atoms with van der Waals surface area (Å²) in [6.07, 6.45) is 0. The Bertz CT molecular complexity index is 1160. The third-order valence-corrected chi connectivity index (χ3v) is 5.13. The summed E-state index contributed by atoms with van der Waals surface area (Å²) in [5, 5.41) is 9.47. The fraction of sp³-hybridized carbons (Fsp3) is 0.174. The Morgan fingerprint density at radius 1 is 1.10 bits per heavy atom. The second kappa shape index (κ2) is 8.51. The molecule has 0 fully saturated rings. The number of hydrogen-bond acceptors (Lipinski definition) is 5. The molecule has 2 heterocycles. The molecule has 1 amide bonds. The lowest BCUT2D eigenvalue weighted by Crippen LogP contribution is -2.15. The zero-order valence-electron chi connectivity index (χ0n) is 17.0. The molecule has 6 nitrogen and oxygen atoms in total. The van der Waals surface area contributed by atoms with E-state index in [9.17, 15) is 4.79 Å². The van der Waals surface area contributed by atoms with E-state index in [1.807, 2.05) is 50.4 Å². The first-order chi connectivity index (χ1) is 14.5. The first kappa shape index (κ1) is 19.8. The molecule has 2 aromatic heterocycles. The summed E-state index contributed by atoms with van der Waals surface area (Å²) in [6.45, 7) is 6.36. The number of thiazole rings is 1. The van der Waals surface area contributed by atoms with E-state index >= 15 is 0 Å². The van der Waals surface area contributed by atoms with E-state index in [4.69, 9.17) is 4.74 Å². The Morgan fingerprint density at radius 2 is 1.90 bits per heavy atom. The summed E-state index contributed by atoms with van der Waals surface area (Å²) < 4.78 is 7.52. The van der Waals surface area contributed by atoms with E-state index in [-0.39, 0.29) is 5.91 Å². The third kappa shape index (κ3) is 4.58. The number of anilines is 1. The molecule has 0 radical (unpaired) electrons. The second-order valence-electron chi connectivity index (χ2n) is 7.18. The summed E-state index contributed by atoms with van der Waals surface area (Å²) in [7, 11) is 0.